The Bertz CT molecular complexity index is 322. The van der Waals surface area contributed by atoms with Gasteiger partial charge in [0.2, 0.25) is 0 Å². The first-order valence-corrected chi connectivity index (χ1v) is 6.78. The zero-order valence-electron chi connectivity index (χ0n) is 11.3. The number of hydrogen-bond donors (Lipinski definition) is 2. The highest BCUT2D eigenvalue weighted by Gasteiger charge is 2.26. The molecule has 0 saturated heterocycles. The highest BCUT2D eigenvalue weighted by molar-refractivity contribution is 5.79. The fourth-order valence-electron chi connectivity index (χ4n) is 1.94. The number of aliphatic imine (C=N–C) groups is 1. The predicted molar refractivity (Wildman–Crippen MR) is 71.2 cm³/mol. The second kappa shape index (κ2) is 8.07. The SMILES string of the molecule is CCNC(=NCCC(F)(F)F)NCCC1=CCCC1. The Labute approximate surface area is 112 Å². The summed E-state index contributed by atoms with van der Waals surface area (Å²) in [6, 6.07) is 0. The first kappa shape index (κ1) is 15.9. The van der Waals surface area contributed by atoms with Crippen LogP contribution >= 0.6 is 0 Å². The van der Waals surface area contributed by atoms with Crippen molar-refractivity contribution in [1.29, 1.82) is 0 Å². The molecule has 0 aromatic carbocycles. The largest absolute Gasteiger partial charge is 0.390 e. The maximum absolute atomic E-state index is 12.0. The van der Waals surface area contributed by atoms with Crippen molar-refractivity contribution in [1.82, 2.24) is 10.6 Å². The van der Waals surface area contributed by atoms with Crippen LogP contribution in [0.2, 0.25) is 0 Å². The van der Waals surface area contributed by atoms with Gasteiger partial charge < -0.3 is 10.6 Å². The molecule has 0 spiro atoms. The third-order valence-electron chi connectivity index (χ3n) is 2.88. The average molecular weight is 277 g/mol. The van der Waals surface area contributed by atoms with Crippen molar-refractivity contribution >= 4 is 5.96 Å². The molecule has 2 N–H and O–H groups in total. The van der Waals surface area contributed by atoms with Crippen molar-refractivity contribution in [2.45, 2.75) is 45.2 Å². The van der Waals surface area contributed by atoms with E-state index in [4.69, 9.17) is 0 Å². The zero-order valence-corrected chi connectivity index (χ0v) is 11.3. The molecule has 0 atom stereocenters. The Kier molecular flexibility index (Phi) is 6.73. The van der Waals surface area contributed by atoms with Gasteiger partial charge in [-0.25, -0.2) is 0 Å². The van der Waals surface area contributed by atoms with E-state index in [1.165, 1.54) is 12.0 Å². The standard InChI is InChI=1S/C13H22F3N3/c1-2-17-12(19-10-8-13(14,15)16)18-9-7-11-5-3-4-6-11/h5H,2-4,6-10H2,1H3,(H2,17,18,19). The maximum atomic E-state index is 12.0. The number of allylic oxidation sites excluding steroid dienone is 1. The molecule has 1 rings (SSSR count). The van der Waals surface area contributed by atoms with Crippen molar-refractivity contribution < 1.29 is 13.2 Å². The van der Waals surface area contributed by atoms with Gasteiger partial charge in [-0.3, -0.25) is 4.99 Å². The van der Waals surface area contributed by atoms with Crippen LogP contribution in [0.1, 0.15) is 39.0 Å². The van der Waals surface area contributed by atoms with E-state index in [1.54, 1.807) is 0 Å². The van der Waals surface area contributed by atoms with Crippen LogP contribution in [-0.4, -0.2) is 31.8 Å². The minimum Gasteiger partial charge on any atom is -0.357 e. The van der Waals surface area contributed by atoms with Gasteiger partial charge >= 0.3 is 6.18 Å². The van der Waals surface area contributed by atoms with Gasteiger partial charge in [0, 0.05) is 13.1 Å². The van der Waals surface area contributed by atoms with Crippen LogP contribution in [0.5, 0.6) is 0 Å². The van der Waals surface area contributed by atoms with E-state index < -0.39 is 12.6 Å². The molecule has 0 amide bonds. The minimum atomic E-state index is -4.14. The van der Waals surface area contributed by atoms with Gasteiger partial charge in [0.15, 0.2) is 5.96 Å². The first-order chi connectivity index (χ1) is 9.01. The van der Waals surface area contributed by atoms with Crippen molar-refractivity contribution in [3.8, 4) is 0 Å². The zero-order chi connectivity index (χ0) is 14.1. The molecule has 0 saturated carbocycles. The van der Waals surface area contributed by atoms with Crippen molar-refractivity contribution in [2.75, 3.05) is 19.6 Å². The molecule has 1 aliphatic rings. The summed E-state index contributed by atoms with van der Waals surface area (Å²) < 4.78 is 36.1. The van der Waals surface area contributed by atoms with Gasteiger partial charge in [-0.2, -0.15) is 13.2 Å². The fourth-order valence-corrected chi connectivity index (χ4v) is 1.94. The highest BCUT2D eigenvalue weighted by atomic mass is 19.4. The quantitative estimate of drug-likeness (QED) is 0.445. The summed E-state index contributed by atoms with van der Waals surface area (Å²) in [5.74, 6) is 0.463. The smallest absolute Gasteiger partial charge is 0.357 e. The normalized spacial score (nSPS) is 16.4. The number of nitrogens with zero attached hydrogens (tertiary/aromatic N) is 1. The van der Waals surface area contributed by atoms with E-state index in [1.807, 2.05) is 6.92 Å². The molecule has 19 heavy (non-hydrogen) atoms. The van der Waals surface area contributed by atoms with Gasteiger partial charge in [0.25, 0.3) is 0 Å². The summed E-state index contributed by atoms with van der Waals surface area (Å²) in [4.78, 5) is 3.92. The summed E-state index contributed by atoms with van der Waals surface area (Å²) in [6.07, 6.45) is 1.66. The summed E-state index contributed by atoms with van der Waals surface area (Å²) in [7, 11) is 0. The summed E-state index contributed by atoms with van der Waals surface area (Å²) >= 11 is 0. The van der Waals surface area contributed by atoms with E-state index >= 15 is 0 Å². The van der Waals surface area contributed by atoms with Crippen LogP contribution in [0.3, 0.4) is 0 Å². The first-order valence-electron chi connectivity index (χ1n) is 6.78. The summed E-state index contributed by atoms with van der Waals surface area (Å²) in [5, 5.41) is 6.01. The molecule has 3 nitrogen and oxygen atoms in total. The van der Waals surface area contributed by atoms with Crippen molar-refractivity contribution in [2.24, 2.45) is 4.99 Å². The molecule has 0 aliphatic heterocycles. The van der Waals surface area contributed by atoms with Crippen LogP contribution in [0.15, 0.2) is 16.6 Å². The molecular formula is C13H22F3N3. The fraction of sp³-hybridized carbons (Fsp3) is 0.769. The highest BCUT2D eigenvalue weighted by Crippen LogP contribution is 2.20. The molecule has 110 valence electrons. The van der Waals surface area contributed by atoms with E-state index in [-0.39, 0.29) is 6.54 Å². The molecule has 6 heteroatoms. The lowest BCUT2D eigenvalue weighted by atomic mass is 10.2. The Morgan fingerprint density at radius 1 is 1.37 bits per heavy atom. The van der Waals surface area contributed by atoms with Crippen molar-refractivity contribution in [3.05, 3.63) is 11.6 Å². The summed E-state index contributed by atoms with van der Waals surface area (Å²) in [5.41, 5.74) is 1.43. The van der Waals surface area contributed by atoms with Crippen LogP contribution in [-0.2, 0) is 0 Å². The molecule has 1 aliphatic carbocycles. The lowest BCUT2D eigenvalue weighted by molar-refractivity contribution is -0.132. The molecular weight excluding hydrogens is 255 g/mol. The predicted octanol–water partition coefficient (Wildman–Crippen LogP) is 2.99. The van der Waals surface area contributed by atoms with Gasteiger partial charge in [-0.15, -0.1) is 0 Å². The maximum Gasteiger partial charge on any atom is 0.390 e. The third kappa shape index (κ3) is 7.74. The number of nitrogens with one attached hydrogen (secondary N) is 2. The molecule has 0 radical (unpaired) electrons. The van der Waals surface area contributed by atoms with Gasteiger partial charge in [-0.1, -0.05) is 11.6 Å². The number of hydrogen-bond acceptors (Lipinski definition) is 1. The Morgan fingerprint density at radius 2 is 2.16 bits per heavy atom. The second-order valence-electron chi connectivity index (χ2n) is 4.56. The number of halogens is 3. The van der Waals surface area contributed by atoms with Gasteiger partial charge in [0.05, 0.1) is 13.0 Å². The Morgan fingerprint density at radius 3 is 2.74 bits per heavy atom. The van der Waals surface area contributed by atoms with Crippen LogP contribution in [0, 0.1) is 0 Å². The Balaban J connectivity index is 2.28. The molecule has 0 aromatic heterocycles. The molecule has 0 aromatic rings. The lowest BCUT2D eigenvalue weighted by Gasteiger charge is -2.12. The number of alkyl halides is 3. The molecule has 0 fully saturated rings. The summed E-state index contributed by atoms with van der Waals surface area (Å²) in [6.45, 7) is 3.01. The third-order valence-corrected chi connectivity index (χ3v) is 2.88. The number of guanidine groups is 1. The topological polar surface area (TPSA) is 36.4 Å². The van der Waals surface area contributed by atoms with Crippen molar-refractivity contribution in [3.63, 3.8) is 0 Å². The van der Waals surface area contributed by atoms with Crippen LogP contribution in [0.4, 0.5) is 13.2 Å². The molecule has 0 heterocycles. The van der Waals surface area contributed by atoms with E-state index in [2.05, 4.69) is 21.7 Å². The minimum absolute atomic E-state index is 0.235. The number of rotatable bonds is 6. The van der Waals surface area contributed by atoms with Gasteiger partial charge in [-0.05, 0) is 32.6 Å². The van der Waals surface area contributed by atoms with Gasteiger partial charge in [0.1, 0.15) is 0 Å². The molecule has 0 bridgehead atoms. The average Bonchev–Trinajstić information content (AvgIpc) is 2.80. The molecule has 0 unspecified atom stereocenters. The monoisotopic (exact) mass is 277 g/mol. The van der Waals surface area contributed by atoms with E-state index in [9.17, 15) is 13.2 Å². The van der Waals surface area contributed by atoms with Crippen LogP contribution in [0.25, 0.3) is 0 Å². The second-order valence-corrected chi connectivity index (χ2v) is 4.56. The van der Waals surface area contributed by atoms with E-state index in [0.29, 0.717) is 19.0 Å². The Hall–Kier alpha value is -1.20. The lowest BCUT2D eigenvalue weighted by Crippen LogP contribution is -2.38. The van der Waals surface area contributed by atoms with Crippen LogP contribution < -0.4 is 10.6 Å². The van der Waals surface area contributed by atoms with E-state index in [0.717, 1.165) is 19.3 Å².